The van der Waals surface area contributed by atoms with Gasteiger partial charge in [0.05, 0.1) is 5.52 Å². The Morgan fingerprint density at radius 1 is 1.30 bits per heavy atom. The summed E-state index contributed by atoms with van der Waals surface area (Å²) < 4.78 is 1.71. The lowest BCUT2D eigenvalue weighted by atomic mass is 9.87. The minimum Gasteiger partial charge on any atom is -0.349 e. The molecule has 3 rings (SSSR count). The van der Waals surface area contributed by atoms with Crippen molar-refractivity contribution in [3.8, 4) is 0 Å². The fourth-order valence-electron chi connectivity index (χ4n) is 2.86. The van der Waals surface area contributed by atoms with Crippen LogP contribution in [0.3, 0.4) is 0 Å². The lowest BCUT2D eigenvalue weighted by Gasteiger charge is -2.26. The molecule has 1 aromatic carbocycles. The van der Waals surface area contributed by atoms with Gasteiger partial charge in [-0.15, -0.1) is 5.10 Å². The van der Waals surface area contributed by atoms with Crippen molar-refractivity contribution in [2.45, 2.75) is 38.6 Å². The largest absolute Gasteiger partial charge is 0.349 e. The number of nitrogens with one attached hydrogen (secondary N) is 1. The number of benzene rings is 1. The smallest absolute Gasteiger partial charge is 0.251 e. The van der Waals surface area contributed by atoms with Crippen LogP contribution in [0.15, 0.2) is 18.2 Å². The Bertz CT molecular complexity index is 626. The molecule has 1 heterocycles. The molecule has 2 aromatic rings. The topological polar surface area (TPSA) is 59.8 Å². The number of amides is 1. The van der Waals surface area contributed by atoms with E-state index >= 15 is 0 Å². The van der Waals surface area contributed by atoms with E-state index in [1.54, 1.807) is 4.68 Å². The van der Waals surface area contributed by atoms with Crippen LogP contribution in [0.5, 0.6) is 0 Å². The number of aryl methyl sites for hydroxylation is 1. The van der Waals surface area contributed by atoms with E-state index in [0.29, 0.717) is 11.6 Å². The predicted octanol–water partition coefficient (Wildman–Crippen LogP) is 2.28. The molecule has 0 bridgehead atoms. The summed E-state index contributed by atoms with van der Waals surface area (Å²) in [6.45, 7) is 2.28. The number of nitrogens with zero attached hydrogens (tertiary/aromatic N) is 3. The Morgan fingerprint density at radius 3 is 2.80 bits per heavy atom. The van der Waals surface area contributed by atoms with E-state index in [4.69, 9.17) is 0 Å². The quantitative estimate of drug-likeness (QED) is 0.912. The Hall–Kier alpha value is -1.91. The van der Waals surface area contributed by atoms with E-state index in [0.717, 1.165) is 29.8 Å². The molecule has 0 radical (unpaired) electrons. The molecular formula is C15H20N4O. The van der Waals surface area contributed by atoms with E-state index in [1.165, 1.54) is 12.8 Å². The van der Waals surface area contributed by atoms with Crippen molar-refractivity contribution in [2.75, 3.05) is 0 Å². The van der Waals surface area contributed by atoms with Crippen molar-refractivity contribution < 1.29 is 4.79 Å². The van der Waals surface area contributed by atoms with Crippen LogP contribution in [0.1, 0.15) is 43.0 Å². The monoisotopic (exact) mass is 272 g/mol. The number of fused-ring (bicyclic) bond motifs is 1. The molecule has 5 nitrogen and oxygen atoms in total. The van der Waals surface area contributed by atoms with Gasteiger partial charge in [0.2, 0.25) is 0 Å². The number of carbonyl (C=O) groups excluding carboxylic acids is 1. The van der Waals surface area contributed by atoms with Gasteiger partial charge in [0.1, 0.15) is 5.52 Å². The molecule has 106 valence electrons. The summed E-state index contributed by atoms with van der Waals surface area (Å²) in [5.41, 5.74) is 2.36. The van der Waals surface area contributed by atoms with E-state index in [9.17, 15) is 4.79 Å². The first-order chi connectivity index (χ1) is 9.63. The molecule has 0 saturated heterocycles. The molecule has 1 amide bonds. The van der Waals surface area contributed by atoms with Gasteiger partial charge >= 0.3 is 0 Å². The fraction of sp³-hybridized carbons (Fsp3) is 0.533. The zero-order valence-corrected chi connectivity index (χ0v) is 12.0. The van der Waals surface area contributed by atoms with E-state index in [-0.39, 0.29) is 5.91 Å². The first-order valence-electron chi connectivity index (χ1n) is 7.24. The summed E-state index contributed by atoms with van der Waals surface area (Å²) in [6.07, 6.45) is 4.57. The maximum Gasteiger partial charge on any atom is 0.251 e. The highest BCUT2D eigenvalue weighted by molar-refractivity contribution is 5.97. The molecule has 1 N–H and O–H groups in total. The van der Waals surface area contributed by atoms with Crippen LogP contribution in [0, 0.1) is 5.92 Å². The van der Waals surface area contributed by atoms with Crippen molar-refractivity contribution in [3.63, 3.8) is 0 Å². The maximum atomic E-state index is 12.3. The second kappa shape index (κ2) is 5.23. The molecule has 1 aliphatic rings. The van der Waals surface area contributed by atoms with E-state index in [1.807, 2.05) is 25.2 Å². The summed E-state index contributed by atoms with van der Waals surface area (Å²) in [5.74, 6) is 0.788. The van der Waals surface area contributed by atoms with Crippen LogP contribution in [0.2, 0.25) is 0 Å². The zero-order valence-electron chi connectivity index (χ0n) is 12.0. The summed E-state index contributed by atoms with van der Waals surface area (Å²) >= 11 is 0. The van der Waals surface area contributed by atoms with E-state index < -0.39 is 0 Å². The van der Waals surface area contributed by atoms with Crippen LogP contribution in [0.25, 0.3) is 11.0 Å². The molecule has 20 heavy (non-hydrogen) atoms. The molecule has 1 fully saturated rings. The lowest BCUT2D eigenvalue weighted by Crippen LogP contribution is -2.37. The number of aromatic nitrogens is 3. The van der Waals surface area contributed by atoms with Gasteiger partial charge in [0, 0.05) is 18.7 Å². The molecule has 5 heteroatoms. The average molecular weight is 272 g/mol. The molecule has 0 atom stereocenters. The van der Waals surface area contributed by atoms with Crippen LogP contribution in [-0.4, -0.2) is 26.9 Å². The maximum absolute atomic E-state index is 12.3. The van der Waals surface area contributed by atoms with Crippen LogP contribution >= 0.6 is 0 Å². The highest BCUT2D eigenvalue weighted by Crippen LogP contribution is 2.23. The van der Waals surface area contributed by atoms with Crippen molar-refractivity contribution in [1.29, 1.82) is 0 Å². The van der Waals surface area contributed by atoms with Crippen LogP contribution < -0.4 is 5.32 Å². The second-order valence-corrected chi connectivity index (χ2v) is 5.85. The minimum absolute atomic E-state index is 0.00268. The van der Waals surface area contributed by atoms with Crippen molar-refractivity contribution in [3.05, 3.63) is 23.8 Å². The Labute approximate surface area is 118 Å². The zero-order chi connectivity index (χ0) is 14.1. The van der Waals surface area contributed by atoms with Gasteiger partial charge in [-0.3, -0.25) is 4.79 Å². The van der Waals surface area contributed by atoms with Crippen molar-refractivity contribution in [1.82, 2.24) is 20.3 Å². The first-order valence-corrected chi connectivity index (χ1v) is 7.24. The third-order valence-electron chi connectivity index (χ3n) is 4.22. The first kappa shape index (κ1) is 13.1. The fourth-order valence-corrected chi connectivity index (χ4v) is 2.86. The summed E-state index contributed by atoms with van der Waals surface area (Å²) in [4.78, 5) is 12.3. The van der Waals surface area contributed by atoms with Gasteiger partial charge in [0.15, 0.2) is 0 Å². The van der Waals surface area contributed by atoms with Crippen LogP contribution in [0.4, 0.5) is 0 Å². The molecule has 0 spiro atoms. The van der Waals surface area contributed by atoms with Gasteiger partial charge < -0.3 is 5.32 Å². The molecule has 1 aliphatic carbocycles. The standard InChI is InChI=1S/C15H20N4O/c1-10-3-6-12(7-4-10)16-15(20)11-5-8-14-13(9-11)17-18-19(14)2/h5,8-10,12H,3-4,6-7H2,1-2H3,(H,16,20). The molecule has 0 unspecified atom stereocenters. The number of hydrogen-bond acceptors (Lipinski definition) is 3. The number of carbonyl (C=O) groups is 1. The number of rotatable bonds is 2. The van der Waals surface area contributed by atoms with Crippen molar-refractivity contribution >= 4 is 16.9 Å². The summed E-state index contributed by atoms with van der Waals surface area (Å²) in [5, 5.41) is 11.1. The molecule has 1 aromatic heterocycles. The SMILES string of the molecule is CC1CCC(NC(=O)c2ccc3c(c2)nnn3C)CC1. The normalized spacial score (nSPS) is 22.9. The molecule has 0 aliphatic heterocycles. The van der Waals surface area contributed by atoms with Gasteiger partial charge in [0.25, 0.3) is 5.91 Å². The van der Waals surface area contributed by atoms with Crippen LogP contribution in [-0.2, 0) is 7.05 Å². The predicted molar refractivity (Wildman–Crippen MR) is 77.4 cm³/mol. The minimum atomic E-state index is -0.00268. The molecule has 1 saturated carbocycles. The Morgan fingerprint density at radius 2 is 2.05 bits per heavy atom. The average Bonchev–Trinajstić information content (AvgIpc) is 2.82. The van der Waals surface area contributed by atoms with E-state index in [2.05, 4.69) is 22.6 Å². The van der Waals surface area contributed by atoms with Gasteiger partial charge in [-0.1, -0.05) is 12.1 Å². The third-order valence-corrected chi connectivity index (χ3v) is 4.22. The second-order valence-electron chi connectivity index (χ2n) is 5.85. The third kappa shape index (κ3) is 2.53. The highest BCUT2D eigenvalue weighted by Gasteiger charge is 2.20. The van der Waals surface area contributed by atoms with Gasteiger partial charge in [-0.2, -0.15) is 0 Å². The Kier molecular flexibility index (Phi) is 3.42. The number of hydrogen-bond donors (Lipinski definition) is 1. The lowest BCUT2D eigenvalue weighted by molar-refractivity contribution is 0.0923. The summed E-state index contributed by atoms with van der Waals surface area (Å²) in [7, 11) is 1.85. The van der Waals surface area contributed by atoms with Crippen molar-refractivity contribution in [2.24, 2.45) is 13.0 Å². The molecular weight excluding hydrogens is 252 g/mol. The van der Waals surface area contributed by atoms with Gasteiger partial charge in [-0.25, -0.2) is 4.68 Å². The summed E-state index contributed by atoms with van der Waals surface area (Å²) in [6, 6.07) is 5.86. The van der Waals surface area contributed by atoms with Gasteiger partial charge in [-0.05, 0) is 49.8 Å². The Balaban J connectivity index is 1.72. The highest BCUT2D eigenvalue weighted by atomic mass is 16.1.